The fourth-order valence-electron chi connectivity index (χ4n) is 4.26. The van der Waals surface area contributed by atoms with Crippen molar-refractivity contribution in [3.05, 3.63) is 88.5 Å². The summed E-state index contributed by atoms with van der Waals surface area (Å²) in [5.74, 6) is 1.70. The number of aromatic hydroxyl groups is 1. The first-order valence-corrected chi connectivity index (χ1v) is 10.5. The first-order chi connectivity index (χ1) is 15.0. The van der Waals surface area contributed by atoms with Crippen LogP contribution in [-0.2, 0) is 12.8 Å². The van der Waals surface area contributed by atoms with Gasteiger partial charge in [-0.3, -0.25) is 4.79 Å². The van der Waals surface area contributed by atoms with Gasteiger partial charge in [0.25, 0.3) is 0 Å². The van der Waals surface area contributed by atoms with Crippen molar-refractivity contribution in [2.24, 2.45) is 0 Å². The fraction of sp³-hybridized carbons (Fsp3) is 0.222. The average molecular weight is 415 g/mol. The lowest BCUT2D eigenvalue weighted by molar-refractivity contribution is 0.105. The van der Waals surface area contributed by atoms with Crippen LogP contribution in [0, 0.1) is 0 Å². The van der Waals surface area contributed by atoms with E-state index in [0.717, 1.165) is 64.2 Å². The zero-order valence-electron chi connectivity index (χ0n) is 18.1. The van der Waals surface area contributed by atoms with Gasteiger partial charge in [0.05, 0.1) is 14.2 Å². The number of fused-ring (bicyclic) bond motifs is 1. The molecule has 0 saturated heterocycles. The molecule has 4 nitrogen and oxygen atoms in total. The molecule has 4 heteroatoms. The maximum Gasteiger partial charge on any atom is 0.193 e. The van der Waals surface area contributed by atoms with Crippen LogP contribution in [0.1, 0.15) is 46.0 Å². The van der Waals surface area contributed by atoms with E-state index in [4.69, 9.17) is 9.47 Å². The molecule has 1 N–H and O–H groups in total. The van der Waals surface area contributed by atoms with Crippen molar-refractivity contribution in [1.29, 1.82) is 0 Å². The Balaban J connectivity index is 1.95. The van der Waals surface area contributed by atoms with Crippen molar-refractivity contribution in [3.8, 4) is 17.2 Å². The minimum Gasteiger partial charge on any atom is -0.508 e. The van der Waals surface area contributed by atoms with Crippen LogP contribution in [-0.4, -0.2) is 25.1 Å². The molecule has 0 aromatic heterocycles. The highest BCUT2D eigenvalue weighted by atomic mass is 16.5. The van der Waals surface area contributed by atoms with E-state index in [1.807, 2.05) is 24.3 Å². The highest BCUT2D eigenvalue weighted by molar-refractivity contribution is 6.35. The fourth-order valence-corrected chi connectivity index (χ4v) is 4.26. The van der Waals surface area contributed by atoms with Gasteiger partial charge in [0.15, 0.2) is 5.78 Å². The van der Waals surface area contributed by atoms with Gasteiger partial charge in [-0.05, 0) is 95.6 Å². The number of ketones is 1. The zero-order chi connectivity index (χ0) is 22.0. The molecule has 4 rings (SSSR count). The first-order valence-electron chi connectivity index (χ1n) is 10.5. The maximum atomic E-state index is 13.7. The summed E-state index contributed by atoms with van der Waals surface area (Å²) in [7, 11) is 3.32. The zero-order valence-corrected chi connectivity index (χ0v) is 18.1. The molecule has 0 radical (unpaired) electrons. The molecule has 158 valence electrons. The third-order valence-corrected chi connectivity index (χ3v) is 5.90. The quantitative estimate of drug-likeness (QED) is 0.525. The molecule has 0 bridgehead atoms. The van der Waals surface area contributed by atoms with E-state index in [1.165, 1.54) is 0 Å². The topological polar surface area (TPSA) is 55.8 Å². The summed E-state index contributed by atoms with van der Waals surface area (Å²) >= 11 is 0. The maximum absolute atomic E-state index is 13.7. The molecular weight excluding hydrogens is 388 g/mol. The normalized spacial score (nSPS) is 13.0. The standard InChI is InChI=1S/C27H26O4/c1-4-17-15-21(30-2)10-13-23(17)25-12-7-19-16-22(31-3)11-14-24(19)26(25)27(29)18-5-8-20(28)9-6-18/h5-6,8-11,13-16,28H,4,7,12H2,1-3H3. The van der Waals surface area contributed by atoms with E-state index in [-0.39, 0.29) is 11.5 Å². The summed E-state index contributed by atoms with van der Waals surface area (Å²) in [5.41, 5.74) is 6.62. The molecule has 3 aromatic rings. The minimum absolute atomic E-state index is 0.0426. The molecule has 1 aliphatic carbocycles. The van der Waals surface area contributed by atoms with Crippen LogP contribution in [0.3, 0.4) is 0 Å². The van der Waals surface area contributed by atoms with Crippen molar-refractivity contribution in [1.82, 2.24) is 0 Å². The van der Waals surface area contributed by atoms with Crippen LogP contribution in [0.2, 0.25) is 0 Å². The summed E-state index contributed by atoms with van der Waals surface area (Å²) in [5, 5.41) is 9.66. The van der Waals surface area contributed by atoms with E-state index in [9.17, 15) is 9.90 Å². The Hall–Kier alpha value is -3.53. The summed E-state index contributed by atoms with van der Waals surface area (Å²) < 4.78 is 10.8. The van der Waals surface area contributed by atoms with E-state index in [0.29, 0.717) is 5.56 Å². The molecule has 0 spiro atoms. The number of hydrogen-bond donors (Lipinski definition) is 1. The van der Waals surface area contributed by atoms with Crippen molar-refractivity contribution in [3.63, 3.8) is 0 Å². The van der Waals surface area contributed by atoms with Gasteiger partial charge < -0.3 is 14.6 Å². The van der Waals surface area contributed by atoms with Crippen LogP contribution in [0.4, 0.5) is 0 Å². The van der Waals surface area contributed by atoms with E-state index < -0.39 is 0 Å². The Morgan fingerprint density at radius 1 is 0.871 bits per heavy atom. The summed E-state index contributed by atoms with van der Waals surface area (Å²) in [6.07, 6.45) is 2.44. The summed E-state index contributed by atoms with van der Waals surface area (Å²) in [6.45, 7) is 2.11. The van der Waals surface area contributed by atoms with E-state index in [2.05, 4.69) is 19.1 Å². The smallest absolute Gasteiger partial charge is 0.193 e. The number of carbonyl (C=O) groups is 1. The van der Waals surface area contributed by atoms with Gasteiger partial charge in [0, 0.05) is 11.1 Å². The van der Waals surface area contributed by atoms with Gasteiger partial charge in [-0.2, -0.15) is 0 Å². The molecule has 0 saturated carbocycles. The van der Waals surface area contributed by atoms with Gasteiger partial charge >= 0.3 is 0 Å². The van der Waals surface area contributed by atoms with Gasteiger partial charge in [-0.25, -0.2) is 0 Å². The Morgan fingerprint density at radius 2 is 1.52 bits per heavy atom. The number of phenols is 1. The molecular formula is C27H26O4. The first kappa shape index (κ1) is 20.7. The van der Waals surface area contributed by atoms with Gasteiger partial charge in [-0.15, -0.1) is 0 Å². The Kier molecular flexibility index (Phi) is 5.81. The SMILES string of the molecule is CCc1cc(OC)ccc1C1=C(C(=O)c2ccc(O)cc2)c2ccc(OC)cc2CC1. The molecule has 0 atom stereocenters. The van der Waals surface area contributed by atoms with Crippen molar-refractivity contribution < 1.29 is 19.4 Å². The highest BCUT2D eigenvalue weighted by Gasteiger charge is 2.27. The number of carbonyl (C=O) groups excluding carboxylic acids is 1. The van der Waals surface area contributed by atoms with E-state index >= 15 is 0 Å². The van der Waals surface area contributed by atoms with Crippen LogP contribution in [0.25, 0.3) is 11.1 Å². The van der Waals surface area contributed by atoms with Crippen LogP contribution < -0.4 is 9.47 Å². The van der Waals surface area contributed by atoms with Gasteiger partial charge in [0.1, 0.15) is 17.2 Å². The Labute approximate surface area is 182 Å². The second-order valence-electron chi connectivity index (χ2n) is 7.63. The molecule has 0 amide bonds. The molecule has 0 fully saturated rings. The number of phenolic OH excluding ortho intramolecular Hbond substituents is 1. The second kappa shape index (κ2) is 8.68. The third kappa shape index (κ3) is 3.93. The number of benzene rings is 3. The number of methoxy groups -OCH3 is 2. The molecule has 31 heavy (non-hydrogen) atoms. The highest BCUT2D eigenvalue weighted by Crippen LogP contribution is 2.41. The Morgan fingerprint density at radius 3 is 2.16 bits per heavy atom. The van der Waals surface area contributed by atoms with Crippen molar-refractivity contribution in [2.75, 3.05) is 14.2 Å². The van der Waals surface area contributed by atoms with Crippen LogP contribution in [0.15, 0.2) is 60.7 Å². The number of aryl methyl sites for hydroxylation is 2. The van der Waals surface area contributed by atoms with E-state index in [1.54, 1.807) is 38.5 Å². The lowest BCUT2D eigenvalue weighted by Gasteiger charge is -2.25. The third-order valence-electron chi connectivity index (χ3n) is 5.90. The molecule has 0 unspecified atom stereocenters. The molecule has 1 aliphatic rings. The second-order valence-corrected chi connectivity index (χ2v) is 7.63. The number of ether oxygens (including phenoxy) is 2. The molecule has 0 heterocycles. The molecule has 0 aliphatic heterocycles. The predicted molar refractivity (Wildman–Crippen MR) is 123 cm³/mol. The minimum atomic E-state index is -0.0426. The number of allylic oxidation sites excluding steroid dienone is 2. The number of hydrogen-bond acceptors (Lipinski definition) is 4. The largest absolute Gasteiger partial charge is 0.508 e. The van der Waals surface area contributed by atoms with Crippen molar-refractivity contribution >= 4 is 16.9 Å². The van der Waals surface area contributed by atoms with Crippen molar-refractivity contribution in [2.45, 2.75) is 26.2 Å². The lowest BCUT2D eigenvalue weighted by atomic mass is 9.78. The van der Waals surface area contributed by atoms with Crippen LogP contribution >= 0.6 is 0 Å². The summed E-state index contributed by atoms with van der Waals surface area (Å²) in [6, 6.07) is 18.4. The van der Waals surface area contributed by atoms with Gasteiger partial charge in [-0.1, -0.05) is 19.1 Å². The number of rotatable bonds is 6. The Bertz CT molecular complexity index is 1160. The van der Waals surface area contributed by atoms with Crippen LogP contribution in [0.5, 0.6) is 17.2 Å². The number of Topliss-reactive ketones (excluding diaryl/α,β-unsaturated/α-hetero) is 1. The van der Waals surface area contributed by atoms with Gasteiger partial charge in [0.2, 0.25) is 0 Å². The average Bonchev–Trinajstić information content (AvgIpc) is 2.82. The predicted octanol–water partition coefficient (Wildman–Crippen LogP) is 5.71. The molecule has 3 aromatic carbocycles. The monoisotopic (exact) mass is 414 g/mol. The summed E-state index contributed by atoms with van der Waals surface area (Å²) in [4.78, 5) is 13.7. The lowest BCUT2D eigenvalue weighted by Crippen LogP contribution is -2.13.